The van der Waals surface area contributed by atoms with E-state index in [0.29, 0.717) is 0 Å². The van der Waals surface area contributed by atoms with E-state index in [-0.39, 0.29) is 0 Å². The Balaban J connectivity index is 3.44. The Hall–Kier alpha value is 0. The van der Waals surface area contributed by atoms with Gasteiger partial charge in [0, 0.05) is 0 Å². The van der Waals surface area contributed by atoms with E-state index < -0.39 is 0 Å². The Morgan fingerprint density at radius 3 is 0.700 bits per heavy atom. The van der Waals surface area contributed by atoms with E-state index in [1.54, 1.807) is 0 Å². The van der Waals surface area contributed by atoms with E-state index >= 15 is 0 Å². The summed E-state index contributed by atoms with van der Waals surface area (Å²) in [6.07, 6.45) is 52.6. The molecule has 0 aromatic rings. The summed E-state index contributed by atoms with van der Waals surface area (Å²) in [6, 6.07) is 0. The van der Waals surface area contributed by atoms with Crippen LogP contribution >= 0.6 is 0 Å². The number of rotatable bonds is 36. The van der Waals surface area contributed by atoms with Gasteiger partial charge in [0.15, 0.2) is 0 Å². The fourth-order valence-electron chi connectivity index (χ4n) is 6.65. The molecule has 1 atom stereocenters. The van der Waals surface area contributed by atoms with Crippen molar-refractivity contribution in [2.24, 2.45) is 5.92 Å². The molecule has 0 nitrogen and oxygen atoms in total. The Morgan fingerprint density at radius 2 is 0.475 bits per heavy atom. The highest BCUT2D eigenvalue weighted by atomic mass is 14.1. The van der Waals surface area contributed by atoms with Gasteiger partial charge in [-0.05, 0) is 5.92 Å². The highest BCUT2D eigenvalue weighted by Crippen LogP contribution is 2.24. The summed E-state index contributed by atoms with van der Waals surface area (Å²) in [6.45, 7) is 8.73. The maximum Gasteiger partial charge on any atom is -0.0414 e. The molecule has 0 amide bonds. The van der Waals surface area contributed by atoms with Crippen molar-refractivity contribution in [3.05, 3.63) is 6.92 Å². The molecule has 0 heteroatoms. The third-order valence-electron chi connectivity index (χ3n) is 9.54. The van der Waals surface area contributed by atoms with Crippen molar-refractivity contribution in [2.75, 3.05) is 0 Å². The number of unbranched alkanes of at least 4 members (excludes halogenated alkanes) is 30. The van der Waals surface area contributed by atoms with Crippen LogP contribution in [0.3, 0.4) is 0 Å². The second-order valence-electron chi connectivity index (χ2n) is 13.7. The molecule has 0 fully saturated rings. The largest absolute Gasteiger partial charge is 0.0654 e. The molecular formula is C40H81. The Bertz CT molecular complexity index is 412. The first-order valence-electron chi connectivity index (χ1n) is 19.6. The molecule has 0 aliphatic rings. The van der Waals surface area contributed by atoms with Crippen LogP contribution < -0.4 is 0 Å². The molecule has 241 valence electrons. The van der Waals surface area contributed by atoms with Gasteiger partial charge in [-0.2, -0.15) is 0 Å². The van der Waals surface area contributed by atoms with E-state index in [2.05, 4.69) is 20.8 Å². The fourth-order valence-corrected chi connectivity index (χ4v) is 6.65. The highest BCUT2D eigenvalue weighted by Gasteiger charge is 2.08. The van der Waals surface area contributed by atoms with Crippen molar-refractivity contribution in [2.45, 2.75) is 245 Å². The van der Waals surface area contributed by atoms with E-state index in [4.69, 9.17) is 0 Å². The van der Waals surface area contributed by atoms with Crippen LogP contribution in [0.25, 0.3) is 0 Å². The van der Waals surface area contributed by atoms with Gasteiger partial charge >= 0.3 is 0 Å². The first-order chi connectivity index (χ1) is 19.8. The van der Waals surface area contributed by atoms with Gasteiger partial charge in [-0.15, -0.1) is 0 Å². The van der Waals surface area contributed by atoms with Crippen LogP contribution in [0.1, 0.15) is 245 Å². The topological polar surface area (TPSA) is 0 Å². The van der Waals surface area contributed by atoms with Crippen molar-refractivity contribution in [1.29, 1.82) is 0 Å². The SMILES string of the molecule is [CH2]CCCC(CCCCCCCCCCCCCCCC)CCCCCCCCCCCCCCCCCCC. The number of hydrogen-bond acceptors (Lipinski definition) is 0. The molecule has 0 aliphatic heterocycles. The average molecular weight is 562 g/mol. The van der Waals surface area contributed by atoms with Crippen LogP contribution in [0, 0.1) is 12.8 Å². The molecule has 0 N–H and O–H groups in total. The van der Waals surface area contributed by atoms with Gasteiger partial charge in [0.2, 0.25) is 0 Å². The second-order valence-corrected chi connectivity index (χ2v) is 13.7. The Labute approximate surface area is 257 Å². The van der Waals surface area contributed by atoms with Crippen LogP contribution in [-0.4, -0.2) is 0 Å². The predicted molar refractivity (Wildman–Crippen MR) is 186 cm³/mol. The first-order valence-corrected chi connectivity index (χ1v) is 19.6. The van der Waals surface area contributed by atoms with Crippen molar-refractivity contribution in [3.8, 4) is 0 Å². The maximum absolute atomic E-state index is 4.11. The highest BCUT2D eigenvalue weighted by molar-refractivity contribution is 4.62. The van der Waals surface area contributed by atoms with E-state index in [9.17, 15) is 0 Å². The lowest BCUT2D eigenvalue weighted by molar-refractivity contribution is 0.372. The number of hydrogen-bond donors (Lipinski definition) is 0. The molecule has 0 rings (SSSR count). The molecule has 0 bridgehead atoms. The average Bonchev–Trinajstić information content (AvgIpc) is 2.97. The normalized spacial score (nSPS) is 12.4. The zero-order valence-corrected chi connectivity index (χ0v) is 28.7. The molecule has 1 radical (unpaired) electrons. The van der Waals surface area contributed by atoms with Gasteiger partial charge in [-0.25, -0.2) is 0 Å². The van der Waals surface area contributed by atoms with Crippen LogP contribution in [-0.2, 0) is 0 Å². The zero-order chi connectivity index (χ0) is 29.0. The van der Waals surface area contributed by atoms with Gasteiger partial charge < -0.3 is 0 Å². The van der Waals surface area contributed by atoms with Gasteiger partial charge in [-0.1, -0.05) is 252 Å². The minimum Gasteiger partial charge on any atom is -0.0654 e. The molecule has 0 saturated heterocycles. The standard InChI is InChI=1S/C40H81/c1-4-7-10-12-14-16-18-20-22-23-24-26-28-30-32-34-36-39-40(37-9-6-3)38-35-33-31-29-27-25-21-19-17-15-13-11-8-5-2/h40H,3-39H2,1-2H3. The van der Waals surface area contributed by atoms with Crippen molar-refractivity contribution < 1.29 is 0 Å². The summed E-state index contributed by atoms with van der Waals surface area (Å²) < 4.78 is 0. The zero-order valence-electron chi connectivity index (χ0n) is 28.7. The van der Waals surface area contributed by atoms with E-state index in [0.717, 1.165) is 12.3 Å². The minimum atomic E-state index is 0.996. The quantitative estimate of drug-likeness (QED) is 0.0667. The van der Waals surface area contributed by atoms with Gasteiger partial charge in [0.25, 0.3) is 0 Å². The van der Waals surface area contributed by atoms with Crippen LogP contribution in [0.5, 0.6) is 0 Å². The lowest BCUT2D eigenvalue weighted by Gasteiger charge is -2.16. The Morgan fingerprint density at radius 1 is 0.275 bits per heavy atom. The first kappa shape index (κ1) is 40.0. The summed E-state index contributed by atoms with van der Waals surface area (Å²) in [5.41, 5.74) is 0. The molecule has 1 unspecified atom stereocenters. The molecule has 0 aromatic heterocycles. The minimum absolute atomic E-state index is 0.996. The Kier molecular flexibility index (Phi) is 37.0. The molecule has 40 heavy (non-hydrogen) atoms. The molecule has 0 aromatic carbocycles. The van der Waals surface area contributed by atoms with Crippen molar-refractivity contribution in [1.82, 2.24) is 0 Å². The van der Waals surface area contributed by atoms with Crippen molar-refractivity contribution >= 4 is 0 Å². The fraction of sp³-hybridized carbons (Fsp3) is 0.975. The third-order valence-corrected chi connectivity index (χ3v) is 9.54. The third kappa shape index (κ3) is 34.2. The van der Waals surface area contributed by atoms with Gasteiger partial charge in [0.05, 0.1) is 0 Å². The molecule has 0 spiro atoms. The van der Waals surface area contributed by atoms with Crippen LogP contribution in [0.4, 0.5) is 0 Å². The summed E-state index contributed by atoms with van der Waals surface area (Å²) in [5, 5.41) is 0. The second kappa shape index (κ2) is 37.0. The van der Waals surface area contributed by atoms with Crippen molar-refractivity contribution in [3.63, 3.8) is 0 Å². The predicted octanol–water partition coefficient (Wildman–Crippen LogP) is 15.5. The van der Waals surface area contributed by atoms with Crippen LogP contribution in [0.2, 0.25) is 0 Å². The maximum atomic E-state index is 4.11. The van der Waals surface area contributed by atoms with E-state index in [1.807, 2.05) is 0 Å². The molecular weight excluding hydrogens is 480 g/mol. The lowest BCUT2D eigenvalue weighted by Crippen LogP contribution is -2.01. The lowest BCUT2D eigenvalue weighted by atomic mass is 9.90. The van der Waals surface area contributed by atoms with E-state index in [1.165, 1.54) is 225 Å². The molecule has 0 heterocycles. The summed E-state index contributed by atoms with van der Waals surface area (Å²) in [4.78, 5) is 0. The van der Waals surface area contributed by atoms with Crippen LogP contribution in [0.15, 0.2) is 0 Å². The molecule has 0 saturated carbocycles. The smallest absolute Gasteiger partial charge is 0.0414 e. The molecule has 0 aliphatic carbocycles. The summed E-state index contributed by atoms with van der Waals surface area (Å²) in [7, 11) is 0. The summed E-state index contributed by atoms with van der Waals surface area (Å²) in [5.74, 6) is 0.996. The summed E-state index contributed by atoms with van der Waals surface area (Å²) >= 11 is 0. The van der Waals surface area contributed by atoms with Gasteiger partial charge in [-0.3, -0.25) is 0 Å². The van der Waals surface area contributed by atoms with Gasteiger partial charge in [0.1, 0.15) is 0 Å². The monoisotopic (exact) mass is 562 g/mol.